The van der Waals surface area contributed by atoms with E-state index in [0.29, 0.717) is 5.95 Å². The molecular formula is C26H34N6O2. The first-order valence-electron chi connectivity index (χ1n) is 12.4. The molecule has 0 spiro atoms. The van der Waals surface area contributed by atoms with Crippen LogP contribution in [0.4, 0.5) is 5.95 Å². The van der Waals surface area contributed by atoms with Crippen LogP contribution in [0.15, 0.2) is 30.6 Å². The summed E-state index contributed by atoms with van der Waals surface area (Å²) in [7, 11) is 3.75. The molecule has 180 valence electrons. The predicted molar refractivity (Wildman–Crippen MR) is 132 cm³/mol. The molecule has 3 aromatic rings. The number of benzene rings is 1. The third-order valence-electron chi connectivity index (χ3n) is 7.39. The highest BCUT2D eigenvalue weighted by Gasteiger charge is 2.26. The van der Waals surface area contributed by atoms with Gasteiger partial charge in [0.05, 0.1) is 23.5 Å². The number of ether oxygens (including phenoxy) is 1. The number of nitrogens with zero attached hydrogens (tertiary/aromatic N) is 5. The molecule has 1 aliphatic heterocycles. The van der Waals surface area contributed by atoms with Crippen molar-refractivity contribution in [1.82, 2.24) is 24.6 Å². The SMILES string of the molecule is CO[C@H]1CC[C@H](C(=O)Nc2ncc3ccc(-c4cnn(C)c4CN4CCCCC4)cc3n2)CC1. The van der Waals surface area contributed by atoms with E-state index in [1.54, 1.807) is 13.3 Å². The Morgan fingerprint density at radius 2 is 1.91 bits per heavy atom. The van der Waals surface area contributed by atoms with Crippen LogP contribution < -0.4 is 5.32 Å². The van der Waals surface area contributed by atoms with Gasteiger partial charge in [-0.3, -0.25) is 19.7 Å². The maximum atomic E-state index is 12.8. The lowest BCUT2D eigenvalue weighted by atomic mass is 9.87. The number of aromatic nitrogens is 4. The van der Waals surface area contributed by atoms with Crippen LogP contribution in [0.1, 0.15) is 50.6 Å². The summed E-state index contributed by atoms with van der Waals surface area (Å²) in [6, 6.07) is 6.22. The molecule has 0 radical (unpaired) electrons. The van der Waals surface area contributed by atoms with E-state index in [1.165, 1.54) is 25.0 Å². The van der Waals surface area contributed by atoms with Crippen molar-refractivity contribution in [2.24, 2.45) is 13.0 Å². The van der Waals surface area contributed by atoms with Gasteiger partial charge in [-0.25, -0.2) is 9.97 Å². The van der Waals surface area contributed by atoms with Gasteiger partial charge in [0.25, 0.3) is 0 Å². The zero-order chi connectivity index (χ0) is 23.5. The summed E-state index contributed by atoms with van der Waals surface area (Å²) < 4.78 is 7.40. The number of carbonyl (C=O) groups excluding carboxylic acids is 1. The average Bonchev–Trinajstić information content (AvgIpc) is 3.24. The van der Waals surface area contributed by atoms with Gasteiger partial charge in [0.2, 0.25) is 11.9 Å². The summed E-state index contributed by atoms with van der Waals surface area (Å²) in [5.74, 6) is 0.356. The first kappa shape index (κ1) is 22.9. The molecule has 2 aromatic heterocycles. The lowest BCUT2D eigenvalue weighted by Crippen LogP contribution is -2.30. The van der Waals surface area contributed by atoms with E-state index in [2.05, 4.69) is 37.4 Å². The summed E-state index contributed by atoms with van der Waals surface area (Å²) in [4.78, 5) is 24.3. The zero-order valence-electron chi connectivity index (χ0n) is 20.2. The third-order valence-corrected chi connectivity index (χ3v) is 7.39. The topological polar surface area (TPSA) is 85.2 Å². The Morgan fingerprint density at radius 3 is 2.68 bits per heavy atom. The largest absolute Gasteiger partial charge is 0.381 e. The molecule has 8 heteroatoms. The number of hydrogen-bond acceptors (Lipinski definition) is 6. The quantitative estimate of drug-likeness (QED) is 0.592. The van der Waals surface area contributed by atoms with Crippen molar-refractivity contribution in [2.75, 3.05) is 25.5 Å². The second-order valence-electron chi connectivity index (χ2n) is 9.63. The van der Waals surface area contributed by atoms with Gasteiger partial charge in [0, 0.05) is 43.8 Å². The van der Waals surface area contributed by atoms with Gasteiger partial charge < -0.3 is 4.74 Å². The van der Waals surface area contributed by atoms with Gasteiger partial charge >= 0.3 is 0 Å². The summed E-state index contributed by atoms with van der Waals surface area (Å²) >= 11 is 0. The number of amides is 1. The molecule has 34 heavy (non-hydrogen) atoms. The molecule has 1 saturated carbocycles. The van der Waals surface area contributed by atoms with Gasteiger partial charge in [-0.2, -0.15) is 5.10 Å². The molecule has 1 saturated heterocycles. The number of hydrogen-bond donors (Lipinski definition) is 1. The molecule has 0 unspecified atom stereocenters. The van der Waals surface area contributed by atoms with Gasteiger partial charge in [-0.05, 0) is 63.2 Å². The second kappa shape index (κ2) is 10.2. The van der Waals surface area contributed by atoms with Crippen LogP contribution in [0.25, 0.3) is 22.0 Å². The fourth-order valence-electron chi connectivity index (χ4n) is 5.24. The number of likely N-dealkylation sites (tertiary alicyclic amines) is 1. The van der Waals surface area contributed by atoms with Crippen LogP contribution in [-0.4, -0.2) is 56.9 Å². The van der Waals surface area contributed by atoms with Gasteiger partial charge in [-0.15, -0.1) is 0 Å². The Bertz CT molecular complexity index is 1150. The highest BCUT2D eigenvalue weighted by atomic mass is 16.5. The fourth-order valence-corrected chi connectivity index (χ4v) is 5.24. The molecule has 3 heterocycles. The number of aryl methyl sites for hydroxylation is 1. The fraction of sp³-hybridized carbons (Fsp3) is 0.538. The van der Waals surface area contributed by atoms with E-state index in [4.69, 9.17) is 4.74 Å². The van der Waals surface area contributed by atoms with E-state index >= 15 is 0 Å². The maximum Gasteiger partial charge on any atom is 0.229 e. The predicted octanol–water partition coefficient (Wildman–Crippen LogP) is 4.16. The van der Waals surface area contributed by atoms with E-state index < -0.39 is 0 Å². The molecule has 2 aliphatic rings. The normalized spacial score (nSPS) is 21.6. The highest BCUT2D eigenvalue weighted by Crippen LogP contribution is 2.29. The Balaban J connectivity index is 1.34. The van der Waals surface area contributed by atoms with Crippen molar-refractivity contribution < 1.29 is 9.53 Å². The number of fused-ring (bicyclic) bond motifs is 1. The Hall–Kier alpha value is -2.84. The molecule has 1 amide bonds. The van der Waals surface area contributed by atoms with Crippen molar-refractivity contribution in [3.63, 3.8) is 0 Å². The number of rotatable bonds is 6. The van der Waals surface area contributed by atoms with Crippen LogP contribution in [0.2, 0.25) is 0 Å². The van der Waals surface area contributed by atoms with E-state index in [0.717, 1.165) is 67.3 Å². The summed E-state index contributed by atoms with van der Waals surface area (Å²) in [5.41, 5.74) is 4.25. The molecule has 1 N–H and O–H groups in total. The van der Waals surface area contributed by atoms with Crippen molar-refractivity contribution in [3.05, 3.63) is 36.3 Å². The molecule has 2 fully saturated rings. The third kappa shape index (κ3) is 4.98. The molecule has 0 atom stereocenters. The molecule has 1 aromatic carbocycles. The van der Waals surface area contributed by atoms with Crippen LogP contribution in [-0.2, 0) is 23.1 Å². The van der Waals surface area contributed by atoms with Crippen molar-refractivity contribution in [2.45, 2.75) is 57.6 Å². The van der Waals surface area contributed by atoms with Crippen LogP contribution in [0.5, 0.6) is 0 Å². The highest BCUT2D eigenvalue weighted by molar-refractivity contribution is 5.92. The standard InChI is InChI=1S/C26H34N6O2/c1-31-24(17-32-12-4-3-5-13-32)22(16-28-31)19-6-7-20-15-27-26(29-23(20)14-19)30-25(33)18-8-10-21(34-2)11-9-18/h6-7,14-16,18,21H,3-5,8-13,17H2,1-2H3,(H,27,29,30,33)/t18-,21-. The molecule has 5 rings (SSSR count). The number of piperidine rings is 1. The second-order valence-corrected chi connectivity index (χ2v) is 9.63. The lowest BCUT2D eigenvalue weighted by molar-refractivity contribution is -0.121. The first-order chi connectivity index (χ1) is 16.6. The Kier molecular flexibility index (Phi) is 6.87. The van der Waals surface area contributed by atoms with E-state index in [9.17, 15) is 4.79 Å². The zero-order valence-corrected chi connectivity index (χ0v) is 20.2. The van der Waals surface area contributed by atoms with Crippen LogP contribution in [0.3, 0.4) is 0 Å². The summed E-state index contributed by atoms with van der Waals surface area (Å²) in [6.45, 7) is 3.19. The Labute approximate surface area is 200 Å². The smallest absolute Gasteiger partial charge is 0.229 e. The molecule has 0 bridgehead atoms. The maximum absolute atomic E-state index is 12.8. The minimum atomic E-state index is -0.00947. The minimum Gasteiger partial charge on any atom is -0.381 e. The minimum absolute atomic E-state index is 0.00105. The molecule has 8 nitrogen and oxygen atoms in total. The molecule has 1 aliphatic carbocycles. The summed E-state index contributed by atoms with van der Waals surface area (Å²) in [6.07, 6.45) is 11.4. The first-order valence-corrected chi connectivity index (χ1v) is 12.4. The van der Waals surface area contributed by atoms with E-state index in [-0.39, 0.29) is 17.9 Å². The molecular weight excluding hydrogens is 428 g/mol. The number of nitrogens with one attached hydrogen (secondary N) is 1. The number of anilines is 1. The lowest BCUT2D eigenvalue weighted by Gasteiger charge is -2.26. The van der Waals surface area contributed by atoms with Crippen LogP contribution >= 0.6 is 0 Å². The van der Waals surface area contributed by atoms with Crippen molar-refractivity contribution in [3.8, 4) is 11.1 Å². The van der Waals surface area contributed by atoms with Crippen molar-refractivity contribution >= 4 is 22.8 Å². The average molecular weight is 463 g/mol. The number of methoxy groups -OCH3 is 1. The van der Waals surface area contributed by atoms with Gasteiger partial charge in [-0.1, -0.05) is 18.6 Å². The monoisotopic (exact) mass is 462 g/mol. The van der Waals surface area contributed by atoms with Gasteiger partial charge in [0.15, 0.2) is 0 Å². The number of carbonyl (C=O) groups is 1. The summed E-state index contributed by atoms with van der Waals surface area (Å²) in [5, 5.41) is 8.44. The van der Waals surface area contributed by atoms with E-state index in [1.807, 2.05) is 24.0 Å². The van der Waals surface area contributed by atoms with Gasteiger partial charge in [0.1, 0.15) is 0 Å². The van der Waals surface area contributed by atoms with Crippen LogP contribution in [0, 0.1) is 5.92 Å². The Morgan fingerprint density at radius 1 is 1.12 bits per heavy atom. The van der Waals surface area contributed by atoms with Crippen molar-refractivity contribution in [1.29, 1.82) is 0 Å².